The van der Waals surface area contributed by atoms with E-state index in [0.717, 1.165) is 65.4 Å². The van der Waals surface area contributed by atoms with Crippen molar-refractivity contribution in [3.63, 3.8) is 0 Å². The molecule has 1 amide bonds. The largest absolute Gasteiger partial charge is 0.453 e. The molecule has 9 heteroatoms. The maximum Gasteiger partial charge on any atom is 0.411 e. The first kappa shape index (κ1) is 24.6. The Hall–Kier alpha value is -4.11. The SMILES string of the molecule is COC(=O)Nc1c(F)cncc1-c1ccc2ncc(-c3cc(C)cc(F)c3)c(N3CCC(N)CC3)c2c1. The van der Waals surface area contributed by atoms with Crippen molar-refractivity contribution < 1.29 is 18.3 Å². The molecule has 7 nitrogen and oxygen atoms in total. The maximum absolute atomic E-state index is 14.7. The third kappa shape index (κ3) is 4.95. The molecule has 5 rings (SSSR count). The van der Waals surface area contributed by atoms with Gasteiger partial charge in [0, 0.05) is 48.0 Å². The Balaban J connectivity index is 1.73. The van der Waals surface area contributed by atoms with Crippen molar-refractivity contribution in [1.82, 2.24) is 9.97 Å². The minimum absolute atomic E-state index is 0.0310. The molecule has 0 atom stereocenters. The van der Waals surface area contributed by atoms with Crippen LogP contribution in [0.5, 0.6) is 0 Å². The van der Waals surface area contributed by atoms with Gasteiger partial charge in [0.25, 0.3) is 0 Å². The first-order valence-corrected chi connectivity index (χ1v) is 12.0. The van der Waals surface area contributed by atoms with Crippen LogP contribution >= 0.6 is 0 Å². The zero-order chi connectivity index (χ0) is 26.1. The van der Waals surface area contributed by atoms with Crippen LogP contribution in [0.3, 0.4) is 0 Å². The molecule has 0 unspecified atom stereocenters. The minimum atomic E-state index is -0.789. The predicted octanol–water partition coefficient (Wildman–Crippen LogP) is 5.66. The second-order valence-corrected chi connectivity index (χ2v) is 9.25. The average molecular weight is 504 g/mol. The third-order valence-electron chi connectivity index (χ3n) is 6.67. The number of carbonyl (C=O) groups is 1. The summed E-state index contributed by atoms with van der Waals surface area (Å²) in [5.41, 5.74) is 11.2. The van der Waals surface area contributed by atoms with Crippen LogP contribution in [0.15, 0.2) is 55.0 Å². The molecule has 0 radical (unpaired) electrons. The lowest BCUT2D eigenvalue weighted by Gasteiger charge is -2.34. The van der Waals surface area contributed by atoms with Crippen molar-refractivity contribution in [2.45, 2.75) is 25.8 Å². The number of hydrogen-bond donors (Lipinski definition) is 2. The summed E-state index contributed by atoms with van der Waals surface area (Å²) in [4.78, 5) is 22.8. The van der Waals surface area contributed by atoms with Gasteiger partial charge in [-0.25, -0.2) is 13.6 Å². The van der Waals surface area contributed by atoms with Gasteiger partial charge in [0.05, 0.1) is 30.2 Å². The van der Waals surface area contributed by atoms with E-state index in [9.17, 15) is 13.6 Å². The molecular weight excluding hydrogens is 476 g/mol. The summed E-state index contributed by atoms with van der Waals surface area (Å²) in [5, 5.41) is 3.27. The van der Waals surface area contributed by atoms with Crippen molar-refractivity contribution in [2.24, 2.45) is 5.73 Å². The predicted molar refractivity (Wildman–Crippen MR) is 141 cm³/mol. The summed E-state index contributed by atoms with van der Waals surface area (Å²) < 4.78 is 33.8. The Morgan fingerprint density at radius 2 is 1.84 bits per heavy atom. The van der Waals surface area contributed by atoms with Crippen LogP contribution in [-0.2, 0) is 4.74 Å². The summed E-state index contributed by atoms with van der Waals surface area (Å²) in [7, 11) is 1.21. The standard InChI is InChI=1S/C28H27F2N5O2/c1-16-9-18(11-19(29)10-16)23-14-33-25-4-3-17(12-21(25)27(23)35-7-5-20(31)6-8-35)22-13-32-15-24(30)26(22)34-28(36)37-2/h3-4,9-15,20H,5-8,31H2,1-2H3,(H,32,34,36). The molecular formula is C28H27F2N5O2. The molecule has 1 aliphatic heterocycles. The van der Waals surface area contributed by atoms with Gasteiger partial charge in [-0.2, -0.15) is 0 Å². The molecule has 1 aliphatic rings. The number of halogens is 2. The lowest BCUT2D eigenvalue weighted by molar-refractivity contribution is 0.187. The summed E-state index contributed by atoms with van der Waals surface area (Å²) in [5.74, 6) is -1.00. The number of anilines is 2. The van der Waals surface area contributed by atoms with Crippen LogP contribution in [-0.4, -0.2) is 42.3 Å². The smallest absolute Gasteiger partial charge is 0.411 e. The number of benzene rings is 2. The fourth-order valence-corrected chi connectivity index (χ4v) is 4.85. The van der Waals surface area contributed by atoms with Gasteiger partial charge in [0.1, 0.15) is 5.82 Å². The zero-order valence-electron chi connectivity index (χ0n) is 20.6. The lowest BCUT2D eigenvalue weighted by atomic mass is 9.95. The van der Waals surface area contributed by atoms with E-state index in [0.29, 0.717) is 11.1 Å². The molecule has 2 aromatic heterocycles. The lowest BCUT2D eigenvalue weighted by Crippen LogP contribution is -2.40. The molecule has 1 fully saturated rings. The first-order chi connectivity index (χ1) is 17.8. The van der Waals surface area contributed by atoms with E-state index in [4.69, 9.17) is 5.73 Å². The number of carbonyl (C=O) groups excluding carboxylic acids is 1. The number of rotatable bonds is 4. The molecule has 190 valence electrons. The quantitative estimate of drug-likeness (QED) is 0.374. The van der Waals surface area contributed by atoms with Gasteiger partial charge in [-0.1, -0.05) is 12.1 Å². The van der Waals surface area contributed by atoms with Gasteiger partial charge in [0.2, 0.25) is 0 Å². The molecule has 0 bridgehead atoms. The Kier molecular flexibility index (Phi) is 6.71. The number of aromatic nitrogens is 2. The second kappa shape index (κ2) is 10.1. The van der Waals surface area contributed by atoms with Gasteiger partial charge >= 0.3 is 6.09 Å². The molecule has 2 aromatic carbocycles. The van der Waals surface area contributed by atoms with Crippen molar-refractivity contribution in [3.8, 4) is 22.3 Å². The Morgan fingerprint density at radius 3 is 2.57 bits per heavy atom. The molecule has 1 saturated heterocycles. The summed E-state index contributed by atoms with van der Waals surface area (Å²) in [6.07, 6.45) is 5.15. The topological polar surface area (TPSA) is 93.4 Å². The van der Waals surface area contributed by atoms with Crippen molar-refractivity contribution in [2.75, 3.05) is 30.4 Å². The number of nitrogens with one attached hydrogen (secondary N) is 1. The molecule has 0 saturated carbocycles. The van der Waals surface area contributed by atoms with E-state index in [2.05, 4.69) is 24.9 Å². The number of ether oxygens (including phenoxy) is 1. The fraction of sp³-hybridized carbons (Fsp3) is 0.250. The van der Waals surface area contributed by atoms with Crippen molar-refractivity contribution in [1.29, 1.82) is 0 Å². The van der Waals surface area contributed by atoms with Crippen LogP contribution in [0.4, 0.5) is 25.0 Å². The maximum atomic E-state index is 14.7. The number of nitrogens with two attached hydrogens (primary N) is 1. The highest BCUT2D eigenvalue weighted by Crippen LogP contribution is 2.40. The average Bonchev–Trinajstić information content (AvgIpc) is 2.88. The van der Waals surface area contributed by atoms with E-state index in [-0.39, 0.29) is 17.5 Å². The molecule has 37 heavy (non-hydrogen) atoms. The number of hydrogen-bond acceptors (Lipinski definition) is 6. The van der Waals surface area contributed by atoms with E-state index in [1.54, 1.807) is 12.3 Å². The number of pyridine rings is 2. The molecule has 0 aliphatic carbocycles. The molecule has 3 N–H and O–H groups in total. The van der Waals surface area contributed by atoms with Crippen molar-refractivity contribution in [3.05, 3.63) is 72.2 Å². The summed E-state index contributed by atoms with van der Waals surface area (Å²) in [6.45, 7) is 3.33. The van der Waals surface area contributed by atoms with Gasteiger partial charge in [-0.05, 0) is 60.7 Å². The second-order valence-electron chi connectivity index (χ2n) is 9.25. The van der Waals surface area contributed by atoms with Crippen LogP contribution in [0.2, 0.25) is 0 Å². The Labute approximate surface area is 213 Å². The molecule has 0 spiro atoms. The third-order valence-corrected chi connectivity index (χ3v) is 6.67. The number of fused-ring (bicyclic) bond motifs is 1. The fourth-order valence-electron chi connectivity index (χ4n) is 4.85. The van der Waals surface area contributed by atoms with Gasteiger partial charge in [-0.15, -0.1) is 0 Å². The summed E-state index contributed by atoms with van der Waals surface area (Å²) in [6, 6.07) is 10.6. The monoisotopic (exact) mass is 503 g/mol. The molecule has 4 aromatic rings. The number of piperidine rings is 1. The Bertz CT molecular complexity index is 1470. The number of methoxy groups -OCH3 is 1. The highest BCUT2D eigenvalue weighted by molar-refractivity contribution is 6.03. The van der Waals surface area contributed by atoms with E-state index < -0.39 is 11.9 Å². The first-order valence-electron chi connectivity index (χ1n) is 12.0. The van der Waals surface area contributed by atoms with Crippen LogP contribution < -0.4 is 16.0 Å². The highest BCUT2D eigenvalue weighted by atomic mass is 19.1. The zero-order valence-corrected chi connectivity index (χ0v) is 20.6. The van der Waals surface area contributed by atoms with Crippen LogP contribution in [0, 0.1) is 18.6 Å². The minimum Gasteiger partial charge on any atom is -0.453 e. The van der Waals surface area contributed by atoms with Gasteiger partial charge in [0.15, 0.2) is 5.82 Å². The van der Waals surface area contributed by atoms with Crippen LogP contribution in [0.25, 0.3) is 33.2 Å². The van der Waals surface area contributed by atoms with Gasteiger partial charge < -0.3 is 15.4 Å². The van der Waals surface area contributed by atoms with Gasteiger partial charge in [-0.3, -0.25) is 15.3 Å². The number of nitrogens with zero attached hydrogens (tertiary/aromatic N) is 3. The van der Waals surface area contributed by atoms with E-state index >= 15 is 0 Å². The van der Waals surface area contributed by atoms with Crippen LogP contribution in [0.1, 0.15) is 18.4 Å². The number of amides is 1. The molecule has 3 heterocycles. The highest BCUT2D eigenvalue weighted by Gasteiger charge is 2.23. The number of aryl methyl sites for hydroxylation is 1. The van der Waals surface area contributed by atoms with Crippen molar-refractivity contribution >= 4 is 28.4 Å². The summed E-state index contributed by atoms with van der Waals surface area (Å²) >= 11 is 0. The Morgan fingerprint density at radius 1 is 1.05 bits per heavy atom. The van der Waals surface area contributed by atoms with E-state index in [1.165, 1.54) is 25.4 Å². The van der Waals surface area contributed by atoms with E-state index in [1.807, 2.05) is 25.1 Å². The normalized spacial score (nSPS) is 14.1.